The Hall–Kier alpha value is -2.29. The Bertz CT molecular complexity index is 751. The second kappa shape index (κ2) is 5.73. The first-order valence-corrected chi connectivity index (χ1v) is 8.32. The topological polar surface area (TPSA) is 6.48 Å². The van der Waals surface area contributed by atoms with Crippen LogP contribution in [-0.2, 0) is 0 Å². The second-order valence-electron chi connectivity index (χ2n) is 6.36. The quantitative estimate of drug-likeness (QED) is 0.789. The number of fused-ring (bicyclic) bond motifs is 1. The van der Waals surface area contributed by atoms with Crippen molar-refractivity contribution in [3.05, 3.63) is 71.2 Å². The highest BCUT2D eigenvalue weighted by atomic mass is 19.1. The van der Waals surface area contributed by atoms with Crippen molar-refractivity contribution in [3.63, 3.8) is 0 Å². The first kappa shape index (κ1) is 14.3. The van der Waals surface area contributed by atoms with Gasteiger partial charge < -0.3 is 0 Å². The van der Waals surface area contributed by atoms with Gasteiger partial charge in [0.1, 0.15) is 5.82 Å². The van der Waals surface area contributed by atoms with Gasteiger partial charge in [-0.25, -0.2) is 4.39 Å². The zero-order valence-electron chi connectivity index (χ0n) is 13.4. The molecule has 0 N–H and O–H groups in total. The number of piperidine rings is 1. The number of hydrazine groups is 1. The molecule has 2 aromatic carbocycles. The van der Waals surface area contributed by atoms with E-state index >= 15 is 0 Å². The summed E-state index contributed by atoms with van der Waals surface area (Å²) in [6, 6.07) is 16.0. The van der Waals surface area contributed by atoms with Crippen LogP contribution < -0.4 is 5.01 Å². The standard InChI is InChI=1S/C20H21FN2/c1-15-13-16(10-11-19(15)21)18-14-23(17-7-3-2-4-8-17)22-12-6-5-9-20(18)22/h2-4,7-8,10-11,13H,5-6,9,12,14H2,1H3. The fourth-order valence-electron chi connectivity index (χ4n) is 3.64. The van der Waals surface area contributed by atoms with Gasteiger partial charge in [0, 0.05) is 17.8 Å². The minimum atomic E-state index is -0.127. The predicted molar refractivity (Wildman–Crippen MR) is 92.4 cm³/mol. The maximum Gasteiger partial charge on any atom is 0.126 e. The van der Waals surface area contributed by atoms with E-state index in [1.807, 2.05) is 25.1 Å². The van der Waals surface area contributed by atoms with Crippen molar-refractivity contribution in [2.24, 2.45) is 0 Å². The van der Waals surface area contributed by atoms with Crippen molar-refractivity contribution in [1.82, 2.24) is 5.01 Å². The van der Waals surface area contributed by atoms with Crippen LogP contribution in [0.3, 0.4) is 0 Å². The molecular formula is C20H21FN2. The lowest BCUT2D eigenvalue weighted by Crippen LogP contribution is -2.39. The molecule has 0 bridgehead atoms. The van der Waals surface area contributed by atoms with Crippen molar-refractivity contribution in [3.8, 4) is 0 Å². The molecular weight excluding hydrogens is 287 g/mol. The van der Waals surface area contributed by atoms with Gasteiger partial charge in [0.15, 0.2) is 0 Å². The fraction of sp³-hybridized carbons (Fsp3) is 0.300. The van der Waals surface area contributed by atoms with Crippen molar-refractivity contribution in [1.29, 1.82) is 0 Å². The van der Waals surface area contributed by atoms with Crippen LogP contribution in [0.15, 0.2) is 54.2 Å². The Morgan fingerprint density at radius 2 is 1.78 bits per heavy atom. The molecule has 0 aromatic heterocycles. The molecule has 2 aromatic rings. The highest BCUT2D eigenvalue weighted by Crippen LogP contribution is 2.39. The molecule has 118 valence electrons. The molecule has 0 unspecified atom stereocenters. The van der Waals surface area contributed by atoms with E-state index in [-0.39, 0.29) is 5.82 Å². The normalized spacial score (nSPS) is 17.7. The first-order valence-electron chi connectivity index (χ1n) is 8.32. The number of aryl methyl sites for hydroxylation is 1. The molecule has 3 heteroatoms. The van der Waals surface area contributed by atoms with E-state index in [0.29, 0.717) is 0 Å². The molecule has 0 atom stereocenters. The highest BCUT2D eigenvalue weighted by molar-refractivity contribution is 5.76. The number of hydrogen-bond acceptors (Lipinski definition) is 2. The molecule has 1 fully saturated rings. The fourth-order valence-corrected chi connectivity index (χ4v) is 3.64. The van der Waals surface area contributed by atoms with Crippen LogP contribution in [0.25, 0.3) is 5.57 Å². The Labute approximate surface area is 136 Å². The number of para-hydroxylation sites is 1. The van der Waals surface area contributed by atoms with Gasteiger partial charge in [0.25, 0.3) is 0 Å². The highest BCUT2D eigenvalue weighted by Gasteiger charge is 2.32. The lowest BCUT2D eigenvalue weighted by molar-refractivity contribution is 0.294. The summed E-state index contributed by atoms with van der Waals surface area (Å²) in [5.74, 6) is -0.127. The average Bonchev–Trinajstić information content (AvgIpc) is 2.98. The van der Waals surface area contributed by atoms with Crippen LogP contribution in [-0.4, -0.2) is 18.1 Å². The zero-order valence-corrected chi connectivity index (χ0v) is 13.4. The van der Waals surface area contributed by atoms with Crippen LogP contribution in [0, 0.1) is 12.7 Å². The number of halogens is 1. The first-order chi connectivity index (χ1) is 11.2. The molecule has 4 rings (SSSR count). The summed E-state index contributed by atoms with van der Waals surface area (Å²) < 4.78 is 13.6. The SMILES string of the molecule is Cc1cc(C2=C3CCCCN3N(c3ccccc3)C2)ccc1F. The molecule has 0 spiro atoms. The zero-order chi connectivity index (χ0) is 15.8. The third-order valence-electron chi connectivity index (χ3n) is 4.85. The largest absolute Gasteiger partial charge is 0.289 e. The van der Waals surface area contributed by atoms with E-state index in [2.05, 4.69) is 34.3 Å². The molecule has 2 aliphatic heterocycles. The van der Waals surface area contributed by atoms with Crippen molar-refractivity contribution in [2.45, 2.75) is 26.2 Å². The predicted octanol–water partition coefficient (Wildman–Crippen LogP) is 4.77. The molecule has 0 aliphatic carbocycles. The molecule has 0 amide bonds. The summed E-state index contributed by atoms with van der Waals surface area (Å²) in [7, 11) is 0. The van der Waals surface area contributed by atoms with Gasteiger partial charge in [-0.2, -0.15) is 0 Å². The van der Waals surface area contributed by atoms with E-state index in [1.165, 1.54) is 29.8 Å². The van der Waals surface area contributed by atoms with E-state index < -0.39 is 0 Å². The Morgan fingerprint density at radius 3 is 2.57 bits per heavy atom. The van der Waals surface area contributed by atoms with E-state index in [1.54, 1.807) is 6.07 Å². The van der Waals surface area contributed by atoms with Crippen LogP contribution >= 0.6 is 0 Å². The summed E-state index contributed by atoms with van der Waals surface area (Å²) in [5.41, 5.74) is 5.85. The minimum absolute atomic E-state index is 0.127. The van der Waals surface area contributed by atoms with Gasteiger partial charge >= 0.3 is 0 Å². The molecule has 2 aliphatic rings. The Kier molecular flexibility index (Phi) is 3.56. The summed E-state index contributed by atoms with van der Waals surface area (Å²) in [6.45, 7) is 3.77. The number of rotatable bonds is 2. The number of anilines is 1. The number of nitrogens with zero attached hydrogens (tertiary/aromatic N) is 2. The smallest absolute Gasteiger partial charge is 0.126 e. The second-order valence-corrected chi connectivity index (χ2v) is 6.36. The van der Waals surface area contributed by atoms with Crippen molar-refractivity contribution >= 4 is 11.3 Å². The lowest BCUT2D eigenvalue weighted by Gasteiger charge is -2.36. The lowest BCUT2D eigenvalue weighted by atomic mass is 9.98. The van der Waals surface area contributed by atoms with E-state index in [0.717, 1.165) is 30.6 Å². The molecule has 1 saturated heterocycles. The Balaban J connectivity index is 1.75. The maximum atomic E-state index is 13.6. The molecule has 23 heavy (non-hydrogen) atoms. The average molecular weight is 308 g/mol. The monoisotopic (exact) mass is 308 g/mol. The molecule has 0 saturated carbocycles. The number of allylic oxidation sites excluding steroid dienone is 1. The van der Waals surface area contributed by atoms with Gasteiger partial charge in [0.05, 0.1) is 12.2 Å². The van der Waals surface area contributed by atoms with Crippen LogP contribution in [0.1, 0.15) is 30.4 Å². The molecule has 0 radical (unpaired) electrons. The van der Waals surface area contributed by atoms with Crippen LogP contribution in [0.4, 0.5) is 10.1 Å². The third kappa shape index (κ3) is 2.50. The minimum Gasteiger partial charge on any atom is -0.289 e. The van der Waals surface area contributed by atoms with Gasteiger partial charge in [-0.05, 0) is 61.6 Å². The van der Waals surface area contributed by atoms with Gasteiger partial charge in [-0.15, -0.1) is 0 Å². The van der Waals surface area contributed by atoms with Gasteiger partial charge in [-0.1, -0.05) is 24.3 Å². The molecule has 2 heterocycles. The molecule has 2 nitrogen and oxygen atoms in total. The maximum absolute atomic E-state index is 13.6. The summed E-state index contributed by atoms with van der Waals surface area (Å²) in [6.07, 6.45) is 3.57. The van der Waals surface area contributed by atoms with Crippen LogP contribution in [0.2, 0.25) is 0 Å². The van der Waals surface area contributed by atoms with Crippen molar-refractivity contribution in [2.75, 3.05) is 18.1 Å². The third-order valence-corrected chi connectivity index (χ3v) is 4.85. The van der Waals surface area contributed by atoms with E-state index in [9.17, 15) is 4.39 Å². The van der Waals surface area contributed by atoms with Crippen LogP contribution in [0.5, 0.6) is 0 Å². The summed E-state index contributed by atoms with van der Waals surface area (Å²) >= 11 is 0. The number of benzene rings is 2. The number of hydrogen-bond donors (Lipinski definition) is 0. The summed E-state index contributed by atoms with van der Waals surface area (Å²) in [5, 5.41) is 4.79. The summed E-state index contributed by atoms with van der Waals surface area (Å²) in [4.78, 5) is 0. The van der Waals surface area contributed by atoms with Gasteiger partial charge in [-0.3, -0.25) is 10.0 Å². The van der Waals surface area contributed by atoms with E-state index in [4.69, 9.17) is 0 Å². The Morgan fingerprint density at radius 1 is 0.957 bits per heavy atom. The van der Waals surface area contributed by atoms with Gasteiger partial charge in [0.2, 0.25) is 0 Å². The van der Waals surface area contributed by atoms with Crippen molar-refractivity contribution < 1.29 is 4.39 Å².